The summed E-state index contributed by atoms with van der Waals surface area (Å²) in [6.45, 7) is 0.476. The predicted octanol–water partition coefficient (Wildman–Crippen LogP) is 2.01. The molecule has 0 amide bonds. The van der Waals surface area contributed by atoms with Crippen LogP contribution in [0.3, 0.4) is 0 Å². The Labute approximate surface area is 97.2 Å². The first-order valence-electron chi connectivity index (χ1n) is 4.72. The van der Waals surface area contributed by atoms with E-state index in [-0.39, 0.29) is 5.84 Å². The lowest BCUT2D eigenvalue weighted by molar-refractivity contribution is 0.308. The number of hydrogen-bond acceptors (Lipinski definition) is 4. The summed E-state index contributed by atoms with van der Waals surface area (Å²) < 4.78 is 5.57. The lowest BCUT2D eigenvalue weighted by Crippen LogP contribution is -2.14. The van der Waals surface area contributed by atoms with Gasteiger partial charge in [0.15, 0.2) is 0 Å². The van der Waals surface area contributed by atoms with E-state index in [1.165, 1.54) is 0 Å². The van der Waals surface area contributed by atoms with Gasteiger partial charge in [0.25, 0.3) is 0 Å². The van der Waals surface area contributed by atoms with Crippen molar-refractivity contribution in [3.63, 3.8) is 0 Å². The monoisotopic (exact) mass is 233 g/mol. The molecule has 0 fully saturated rings. The highest BCUT2D eigenvalue weighted by Crippen LogP contribution is 2.18. The van der Waals surface area contributed by atoms with E-state index in [1.807, 2.05) is 17.5 Å². The van der Waals surface area contributed by atoms with Crippen molar-refractivity contribution in [1.82, 2.24) is 4.98 Å². The van der Waals surface area contributed by atoms with Crippen molar-refractivity contribution in [2.45, 2.75) is 6.61 Å². The largest absolute Gasteiger partial charge is 0.486 e. The van der Waals surface area contributed by atoms with Crippen LogP contribution in [0.1, 0.15) is 10.6 Å². The Bertz CT molecular complexity index is 482. The molecule has 0 atom stereocenters. The van der Waals surface area contributed by atoms with E-state index < -0.39 is 0 Å². The molecular weight excluding hydrogens is 222 g/mol. The number of aromatic nitrogens is 1. The van der Waals surface area contributed by atoms with Gasteiger partial charge in [0.2, 0.25) is 0 Å². The summed E-state index contributed by atoms with van der Waals surface area (Å²) in [5, 5.41) is 9.36. The van der Waals surface area contributed by atoms with Crippen molar-refractivity contribution in [1.29, 1.82) is 5.41 Å². The van der Waals surface area contributed by atoms with Crippen LogP contribution in [0.2, 0.25) is 0 Å². The third-order valence-electron chi connectivity index (χ3n) is 1.98. The van der Waals surface area contributed by atoms with Crippen molar-refractivity contribution < 1.29 is 4.74 Å². The molecule has 2 aromatic heterocycles. The van der Waals surface area contributed by atoms with E-state index in [0.717, 1.165) is 4.88 Å². The molecule has 2 aromatic rings. The Morgan fingerprint density at radius 1 is 1.44 bits per heavy atom. The van der Waals surface area contributed by atoms with E-state index in [2.05, 4.69) is 4.98 Å². The van der Waals surface area contributed by atoms with Crippen molar-refractivity contribution in [2.24, 2.45) is 5.73 Å². The number of hydrogen-bond donors (Lipinski definition) is 2. The quantitative estimate of drug-likeness (QED) is 0.626. The van der Waals surface area contributed by atoms with E-state index in [9.17, 15) is 0 Å². The Morgan fingerprint density at radius 2 is 2.31 bits per heavy atom. The summed E-state index contributed by atoms with van der Waals surface area (Å²) >= 11 is 1.63. The average molecular weight is 233 g/mol. The highest BCUT2D eigenvalue weighted by Gasteiger charge is 2.07. The van der Waals surface area contributed by atoms with Crippen molar-refractivity contribution in [3.05, 3.63) is 46.4 Å². The number of pyridine rings is 1. The second-order valence-electron chi connectivity index (χ2n) is 3.13. The summed E-state index contributed by atoms with van der Waals surface area (Å²) in [4.78, 5) is 5.13. The predicted molar refractivity (Wildman–Crippen MR) is 63.9 cm³/mol. The highest BCUT2D eigenvalue weighted by molar-refractivity contribution is 7.09. The van der Waals surface area contributed by atoms with Crippen LogP contribution in [0.25, 0.3) is 0 Å². The molecule has 0 unspecified atom stereocenters. The van der Waals surface area contributed by atoms with E-state index in [0.29, 0.717) is 18.1 Å². The molecule has 0 saturated carbocycles. The third-order valence-corrected chi connectivity index (χ3v) is 2.83. The molecule has 3 N–H and O–H groups in total. The first kappa shape index (κ1) is 10.6. The molecule has 2 heterocycles. The summed E-state index contributed by atoms with van der Waals surface area (Å²) in [7, 11) is 0. The maximum absolute atomic E-state index is 7.37. The maximum atomic E-state index is 7.37. The Balaban J connectivity index is 2.12. The molecular formula is C11H11N3OS. The molecule has 0 bridgehead atoms. The minimum atomic E-state index is -0.0817. The fraction of sp³-hybridized carbons (Fsp3) is 0.0909. The van der Waals surface area contributed by atoms with Crippen LogP contribution in [-0.2, 0) is 6.61 Å². The van der Waals surface area contributed by atoms with Crippen LogP contribution in [0.5, 0.6) is 5.75 Å². The maximum Gasteiger partial charge on any atom is 0.149 e. The van der Waals surface area contributed by atoms with Crippen LogP contribution in [0, 0.1) is 5.41 Å². The number of nitrogens with zero attached hydrogens (tertiary/aromatic N) is 1. The van der Waals surface area contributed by atoms with Gasteiger partial charge in [-0.1, -0.05) is 6.07 Å². The topological polar surface area (TPSA) is 72.0 Å². The minimum Gasteiger partial charge on any atom is -0.486 e. The van der Waals surface area contributed by atoms with Gasteiger partial charge in [-0.05, 0) is 23.6 Å². The fourth-order valence-corrected chi connectivity index (χ4v) is 1.87. The number of thiophene rings is 1. The number of nitrogens with two attached hydrogens (primary N) is 1. The summed E-state index contributed by atoms with van der Waals surface area (Å²) in [6, 6.07) is 7.49. The van der Waals surface area contributed by atoms with Crippen molar-refractivity contribution >= 4 is 17.2 Å². The van der Waals surface area contributed by atoms with Gasteiger partial charge < -0.3 is 10.5 Å². The van der Waals surface area contributed by atoms with Crippen LogP contribution >= 0.6 is 11.3 Å². The van der Waals surface area contributed by atoms with Gasteiger partial charge >= 0.3 is 0 Å². The highest BCUT2D eigenvalue weighted by atomic mass is 32.1. The van der Waals surface area contributed by atoms with Crippen molar-refractivity contribution in [2.75, 3.05) is 0 Å². The van der Waals surface area contributed by atoms with E-state index in [4.69, 9.17) is 15.9 Å². The summed E-state index contributed by atoms with van der Waals surface area (Å²) in [5.41, 5.74) is 5.79. The number of nitrogens with one attached hydrogen (secondary N) is 1. The smallest absolute Gasteiger partial charge is 0.149 e. The SMILES string of the molecule is N=C(N)c1ncccc1OCc1cccs1. The molecule has 0 aliphatic rings. The minimum absolute atomic E-state index is 0.0817. The van der Waals surface area contributed by atoms with Gasteiger partial charge in [-0.2, -0.15) is 0 Å². The molecule has 0 aliphatic heterocycles. The molecule has 0 saturated heterocycles. The molecule has 4 nitrogen and oxygen atoms in total. The second kappa shape index (κ2) is 4.76. The Hall–Kier alpha value is -1.88. The van der Waals surface area contributed by atoms with Crippen LogP contribution < -0.4 is 10.5 Å². The molecule has 0 radical (unpaired) electrons. The van der Waals surface area contributed by atoms with Crippen molar-refractivity contribution in [3.8, 4) is 5.75 Å². The van der Waals surface area contributed by atoms with Gasteiger partial charge in [-0.15, -0.1) is 11.3 Å². The average Bonchev–Trinajstić information content (AvgIpc) is 2.79. The van der Waals surface area contributed by atoms with Gasteiger partial charge in [0.05, 0.1) is 0 Å². The zero-order valence-electron chi connectivity index (χ0n) is 8.51. The lowest BCUT2D eigenvalue weighted by Gasteiger charge is -2.08. The molecule has 0 aliphatic carbocycles. The third kappa shape index (κ3) is 2.38. The number of nitrogen functional groups attached to an aromatic ring is 1. The van der Waals surface area contributed by atoms with E-state index >= 15 is 0 Å². The molecule has 0 aromatic carbocycles. The van der Waals surface area contributed by atoms with Gasteiger partial charge in [0, 0.05) is 11.1 Å². The number of ether oxygens (including phenoxy) is 1. The van der Waals surface area contributed by atoms with E-state index in [1.54, 1.807) is 29.7 Å². The van der Waals surface area contributed by atoms with Gasteiger partial charge in [0.1, 0.15) is 23.9 Å². The summed E-state index contributed by atoms with van der Waals surface area (Å²) in [5.74, 6) is 0.463. The zero-order chi connectivity index (χ0) is 11.4. The Morgan fingerprint density at radius 3 is 3.00 bits per heavy atom. The molecule has 0 spiro atoms. The molecule has 16 heavy (non-hydrogen) atoms. The first-order valence-corrected chi connectivity index (χ1v) is 5.60. The first-order chi connectivity index (χ1) is 7.77. The molecule has 2 rings (SSSR count). The van der Waals surface area contributed by atoms with Gasteiger partial charge in [-0.25, -0.2) is 4.98 Å². The fourth-order valence-electron chi connectivity index (χ4n) is 1.25. The number of rotatable bonds is 4. The van der Waals surface area contributed by atoms with Crippen LogP contribution in [0.15, 0.2) is 35.8 Å². The molecule has 82 valence electrons. The van der Waals surface area contributed by atoms with Crippen LogP contribution in [0.4, 0.5) is 0 Å². The Kier molecular flexibility index (Phi) is 3.16. The second-order valence-corrected chi connectivity index (χ2v) is 4.16. The number of amidine groups is 1. The zero-order valence-corrected chi connectivity index (χ0v) is 9.33. The summed E-state index contributed by atoms with van der Waals surface area (Å²) in [6.07, 6.45) is 1.59. The normalized spacial score (nSPS) is 10.0. The molecule has 5 heteroatoms. The van der Waals surface area contributed by atoms with Gasteiger partial charge in [-0.3, -0.25) is 5.41 Å². The standard InChI is InChI=1S/C11H11N3OS/c12-11(13)10-9(4-1-5-14-10)15-7-8-3-2-6-16-8/h1-6H,7H2,(H3,12,13). The van der Waals surface area contributed by atoms with Crippen LogP contribution in [-0.4, -0.2) is 10.8 Å². The lowest BCUT2D eigenvalue weighted by atomic mass is 10.3.